The van der Waals surface area contributed by atoms with Gasteiger partial charge in [0.2, 0.25) is 0 Å². The zero-order valence-electron chi connectivity index (χ0n) is 4.34. The van der Waals surface area contributed by atoms with Gasteiger partial charge < -0.3 is 10.2 Å². The van der Waals surface area contributed by atoms with E-state index in [4.69, 9.17) is 19.8 Å². The molecular weight excluding hydrogens is 269 g/mol. The van der Waals surface area contributed by atoms with Crippen molar-refractivity contribution in [2.45, 2.75) is 0 Å². The monoisotopic (exact) mass is 274 g/mol. The van der Waals surface area contributed by atoms with Crippen LogP contribution in [0.3, 0.4) is 0 Å². The van der Waals surface area contributed by atoms with Crippen LogP contribution in [0.5, 0.6) is 0 Å². The summed E-state index contributed by atoms with van der Waals surface area (Å²) in [6.45, 7) is 0. The number of carbonyl (C=O) groups is 2. The summed E-state index contributed by atoms with van der Waals surface area (Å²) in [4.78, 5) is 18.2. The van der Waals surface area contributed by atoms with Crippen LogP contribution >= 0.6 is 49.6 Å². The van der Waals surface area contributed by atoms with Crippen molar-refractivity contribution in [1.82, 2.24) is 0 Å². The molecule has 0 aliphatic heterocycles. The molecule has 0 aromatic carbocycles. The van der Waals surface area contributed by atoms with E-state index in [2.05, 4.69) is 0 Å². The van der Waals surface area contributed by atoms with Gasteiger partial charge in [-0.2, -0.15) is 0 Å². The summed E-state index contributed by atoms with van der Waals surface area (Å²) in [5, 5.41) is 14.8. The molecule has 0 aliphatic rings. The van der Waals surface area contributed by atoms with Crippen LogP contribution in [0.15, 0.2) is 0 Å². The van der Waals surface area contributed by atoms with Gasteiger partial charge in [0, 0.05) is 0 Å². The van der Waals surface area contributed by atoms with E-state index in [1.165, 1.54) is 0 Å². The normalized spacial score (nSPS) is 4.00. The second-order valence-corrected chi connectivity index (χ2v) is 0.610. The Kier molecular flexibility index (Phi) is 79.4. The predicted molar refractivity (Wildman–Crippen MR) is 51.4 cm³/mol. The first-order valence-corrected chi connectivity index (χ1v) is 1.11. The van der Waals surface area contributed by atoms with Crippen molar-refractivity contribution in [3.63, 3.8) is 0 Å². The van der Waals surface area contributed by atoms with E-state index in [1.807, 2.05) is 0 Å². The molecule has 0 heterocycles. The van der Waals surface area contributed by atoms with Crippen molar-refractivity contribution in [2.75, 3.05) is 0 Å². The summed E-state index contributed by atoms with van der Waals surface area (Å²) in [6, 6.07) is 0. The molecule has 0 saturated heterocycles. The topological polar surface area (TPSA) is 74.6 Å². The number of carboxylic acid groups (broad SMARTS) is 2. The minimum absolute atomic E-state index is 0. The van der Waals surface area contributed by atoms with E-state index < -0.39 is 11.9 Å². The number of hydrogen-bond acceptors (Lipinski definition) is 2. The van der Waals surface area contributed by atoms with E-state index in [0.717, 1.165) is 0 Å². The second kappa shape index (κ2) is 22.6. The van der Waals surface area contributed by atoms with Crippen LogP contribution in [0.2, 0.25) is 0 Å². The predicted octanol–water partition coefficient (Wildman–Crippen LogP) is 0.194. The standard InChI is InChI=1S/C2H2O4.4ClH.K.H/c3-1(4)2(5)6;;;;;;/h(H,3,4)(H,5,6);4*1H;;. The van der Waals surface area contributed by atoms with Gasteiger partial charge >= 0.3 is 63.3 Å². The van der Waals surface area contributed by atoms with E-state index in [0.29, 0.717) is 0 Å². The van der Waals surface area contributed by atoms with Crippen LogP contribution in [0, 0.1) is 0 Å². The Balaban J connectivity index is -0.0000000125. The van der Waals surface area contributed by atoms with Gasteiger partial charge in [0.05, 0.1) is 0 Å². The molecule has 0 saturated carbocycles. The number of halogens is 4. The third-order valence-corrected chi connectivity index (χ3v) is 0.183. The van der Waals surface area contributed by atoms with Crippen molar-refractivity contribution in [3.8, 4) is 0 Å². The summed E-state index contributed by atoms with van der Waals surface area (Å²) in [5.41, 5.74) is 0. The Bertz CT molecular complexity index is 86.1. The van der Waals surface area contributed by atoms with Gasteiger partial charge in [-0.05, 0) is 0 Å². The molecule has 0 aromatic heterocycles. The number of rotatable bonds is 0. The Morgan fingerprint density at radius 2 is 0.818 bits per heavy atom. The fraction of sp³-hybridized carbons (Fsp3) is 0. The molecule has 0 amide bonds. The number of hydrogen-bond donors (Lipinski definition) is 2. The van der Waals surface area contributed by atoms with Gasteiger partial charge in [0.15, 0.2) is 0 Å². The van der Waals surface area contributed by atoms with Crippen LogP contribution in [0.25, 0.3) is 0 Å². The Hall–Kier alpha value is 1.74. The third kappa shape index (κ3) is 33.8. The van der Waals surface area contributed by atoms with Gasteiger partial charge in [-0.25, -0.2) is 9.59 Å². The summed E-state index contributed by atoms with van der Waals surface area (Å²) in [6.07, 6.45) is 0. The fourth-order valence-electron chi connectivity index (χ4n) is 0. The molecule has 0 aromatic rings. The van der Waals surface area contributed by atoms with Crippen molar-refractivity contribution >= 4 is 113 Å². The quantitative estimate of drug-likeness (QED) is 0.489. The van der Waals surface area contributed by atoms with Gasteiger partial charge in [-0.15, -0.1) is 49.6 Å². The Morgan fingerprint density at radius 1 is 0.727 bits per heavy atom. The maximum atomic E-state index is 9.10. The van der Waals surface area contributed by atoms with E-state index in [-0.39, 0.29) is 101 Å². The molecule has 0 aliphatic carbocycles. The molecule has 68 valence electrons. The first-order chi connectivity index (χ1) is 2.64. The summed E-state index contributed by atoms with van der Waals surface area (Å²) >= 11 is 0. The molecule has 2 N–H and O–H groups in total. The first kappa shape index (κ1) is 38.7. The number of aliphatic carboxylic acids is 2. The van der Waals surface area contributed by atoms with Crippen LogP contribution in [-0.2, 0) is 9.59 Å². The molecule has 0 radical (unpaired) electrons. The molecule has 0 rings (SSSR count). The number of carboxylic acids is 2. The Labute approximate surface area is 131 Å². The zero-order chi connectivity index (χ0) is 5.15. The molecule has 0 fully saturated rings. The molecular formula is C2H7Cl4KO4. The Morgan fingerprint density at radius 3 is 0.818 bits per heavy atom. The van der Waals surface area contributed by atoms with E-state index >= 15 is 0 Å². The van der Waals surface area contributed by atoms with Crippen molar-refractivity contribution in [3.05, 3.63) is 0 Å². The molecule has 9 heteroatoms. The van der Waals surface area contributed by atoms with Gasteiger partial charge in [-0.1, -0.05) is 0 Å². The average molecular weight is 276 g/mol. The third-order valence-electron chi connectivity index (χ3n) is 0.183. The SMILES string of the molecule is Cl.Cl.Cl.Cl.O=C(O)C(=O)O.[KH]. The molecule has 0 atom stereocenters. The fourth-order valence-corrected chi connectivity index (χ4v) is 0. The van der Waals surface area contributed by atoms with Crippen LogP contribution in [0.1, 0.15) is 0 Å². The van der Waals surface area contributed by atoms with Crippen LogP contribution in [-0.4, -0.2) is 73.5 Å². The molecule has 0 unspecified atom stereocenters. The molecule has 11 heavy (non-hydrogen) atoms. The maximum absolute atomic E-state index is 9.10. The zero-order valence-corrected chi connectivity index (χ0v) is 7.61. The van der Waals surface area contributed by atoms with Gasteiger partial charge in [0.25, 0.3) is 0 Å². The van der Waals surface area contributed by atoms with Crippen molar-refractivity contribution in [2.24, 2.45) is 0 Å². The van der Waals surface area contributed by atoms with Gasteiger partial charge in [0.1, 0.15) is 0 Å². The second-order valence-electron chi connectivity index (χ2n) is 0.610. The van der Waals surface area contributed by atoms with Crippen LogP contribution < -0.4 is 0 Å². The summed E-state index contributed by atoms with van der Waals surface area (Å²) in [7, 11) is 0. The van der Waals surface area contributed by atoms with Crippen molar-refractivity contribution in [1.29, 1.82) is 0 Å². The molecule has 4 nitrogen and oxygen atoms in total. The van der Waals surface area contributed by atoms with E-state index in [1.54, 1.807) is 0 Å². The average Bonchev–Trinajstić information content (AvgIpc) is 1.36. The van der Waals surface area contributed by atoms with Crippen molar-refractivity contribution < 1.29 is 19.8 Å². The molecule has 0 bridgehead atoms. The summed E-state index contributed by atoms with van der Waals surface area (Å²) < 4.78 is 0. The minimum atomic E-state index is -1.82. The van der Waals surface area contributed by atoms with Gasteiger partial charge in [-0.3, -0.25) is 0 Å². The van der Waals surface area contributed by atoms with Crippen LogP contribution in [0.4, 0.5) is 0 Å². The van der Waals surface area contributed by atoms with E-state index in [9.17, 15) is 0 Å². The molecule has 0 spiro atoms. The first-order valence-electron chi connectivity index (χ1n) is 1.11. The summed E-state index contributed by atoms with van der Waals surface area (Å²) in [5.74, 6) is -3.65.